The molecule has 0 aliphatic carbocycles. The minimum atomic E-state index is 0.362. The van der Waals surface area contributed by atoms with Gasteiger partial charge in [0.05, 0.1) is 25.3 Å². The van der Waals surface area contributed by atoms with E-state index >= 15 is 0 Å². The molecule has 0 spiro atoms. The average Bonchev–Trinajstić information content (AvgIpc) is 2.40. The maximum absolute atomic E-state index is 5.59. The van der Waals surface area contributed by atoms with E-state index in [9.17, 15) is 0 Å². The number of rotatable bonds is 4. The van der Waals surface area contributed by atoms with Crippen LogP contribution in [-0.2, 0) is 4.74 Å². The summed E-state index contributed by atoms with van der Waals surface area (Å²) in [4.78, 5) is 3.57. The van der Waals surface area contributed by atoms with E-state index < -0.39 is 0 Å². The SMILES string of the molecule is CSc1ccc(C(C2COCCN2)N(C)C)cc1. The first-order valence-corrected chi connectivity index (χ1v) is 7.56. The molecule has 1 aliphatic heterocycles. The Hall–Kier alpha value is -0.550. The highest BCUT2D eigenvalue weighted by molar-refractivity contribution is 7.98. The fraction of sp³-hybridized carbons (Fsp3) is 0.571. The predicted octanol–water partition coefficient (Wildman–Crippen LogP) is 2.00. The summed E-state index contributed by atoms with van der Waals surface area (Å²) in [7, 11) is 4.26. The highest BCUT2D eigenvalue weighted by Crippen LogP contribution is 2.25. The van der Waals surface area contributed by atoms with Crippen LogP contribution >= 0.6 is 11.8 Å². The summed E-state index contributed by atoms with van der Waals surface area (Å²) in [6, 6.07) is 9.58. The quantitative estimate of drug-likeness (QED) is 0.843. The summed E-state index contributed by atoms with van der Waals surface area (Å²) in [6.45, 7) is 2.55. The zero-order valence-corrected chi connectivity index (χ0v) is 12.2. The molecule has 100 valence electrons. The second-order valence-electron chi connectivity index (χ2n) is 4.82. The molecule has 0 aromatic heterocycles. The van der Waals surface area contributed by atoms with Crippen LogP contribution in [0.2, 0.25) is 0 Å². The van der Waals surface area contributed by atoms with Crippen LogP contribution < -0.4 is 5.32 Å². The number of nitrogens with zero attached hydrogens (tertiary/aromatic N) is 1. The first kappa shape index (κ1) is 13.9. The lowest BCUT2D eigenvalue weighted by molar-refractivity contribution is 0.0459. The number of ether oxygens (including phenoxy) is 1. The number of benzene rings is 1. The van der Waals surface area contributed by atoms with Crippen LogP contribution in [0.4, 0.5) is 0 Å². The van der Waals surface area contributed by atoms with Crippen LogP contribution in [-0.4, -0.2) is 51.1 Å². The second-order valence-corrected chi connectivity index (χ2v) is 5.70. The van der Waals surface area contributed by atoms with Gasteiger partial charge in [0.15, 0.2) is 0 Å². The van der Waals surface area contributed by atoms with E-state index in [1.807, 2.05) is 0 Å². The van der Waals surface area contributed by atoms with Gasteiger partial charge in [0.25, 0.3) is 0 Å². The van der Waals surface area contributed by atoms with Crippen LogP contribution in [0.3, 0.4) is 0 Å². The van der Waals surface area contributed by atoms with Gasteiger partial charge >= 0.3 is 0 Å². The Labute approximate surface area is 114 Å². The lowest BCUT2D eigenvalue weighted by Crippen LogP contribution is -2.48. The molecule has 1 N–H and O–H groups in total. The number of hydrogen-bond donors (Lipinski definition) is 1. The van der Waals surface area contributed by atoms with Crippen molar-refractivity contribution in [2.24, 2.45) is 0 Å². The van der Waals surface area contributed by atoms with Crippen molar-refractivity contribution in [2.45, 2.75) is 17.0 Å². The normalized spacial score (nSPS) is 22.1. The Morgan fingerprint density at radius 3 is 2.56 bits per heavy atom. The number of likely N-dealkylation sites (N-methyl/N-ethyl adjacent to an activating group) is 1. The molecular weight excluding hydrogens is 244 g/mol. The fourth-order valence-electron chi connectivity index (χ4n) is 2.48. The monoisotopic (exact) mass is 266 g/mol. The van der Waals surface area contributed by atoms with Crippen molar-refractivity contribution in [1.29, 1.82) is 0 Å². The maximum Gasteiger partial charge on any atom is 0.0639 e. The topological polar surface area (TPSA) is 24.5 Å². The molecule has 1 aromatic carbocycles. The molecule has 4 heteroatoms. The summed E-state index contributed by atoms with van der Waals surface area (Å²) in [6.07, 6.45) is 2.11. The first-order valence-electron chi connectivity index (χ1n) is 6.34. The molecule has 1 aromatic rings. The molecule has 0 saturated carbocycles. The van der Waals surface area contributed by atoms with Gasteiger partial charge in [0.1, 0.15) is 0 Å². The third-order valence-electron chi connectivity index (χ3n) is 3.35. The third-order valence-corrected chi connectivity index (χ3v) is 4.09. The number of hydrogen-bond acceptors (Lipinski definition) is 4. The van der Waals surface area contributed by atoms with Gasteiger partial charge in [-0.25, -0.2) is 0 Å². The van der Waals surface area contributed by atoms with E-state index in [-0.39, 0.29) is 0 Å². The van der Waals surface area contributed by atoms with Crippen LogP contribution in [0, 0.1) is 0 Å². The smallest absolute Gasteiger partial charge is 0.0639 e. The summed E-state index contributed by atoms with van der Waals surface area (Å²) < 4.78 is 5.59. The molecule has 1 heterocycles. The van der Waals surface area contributed by atoms with Gasteiger partial charge in [0.2, 0.25) is 0 Å². The predicted molar refractivity (Wildman–Crippen MR) is 77.3 cm³/mol. The van der Waals surface area contributed by atoms with E-state index in [4.69, 9.17) is 4.74 Å². The first-order chi connectivity index (χ1) is 8.72. The van der Waals surface area contributed by atoms with Gasteiger partial charge in [-0.2, -0.15) is 0 Å². The maximum atomic E-state index is 5.59. The highest BCUT2D eigenvalue weighted by Gasteiger charge is 2.26. The standard InChI is InChI=1S/C14H22N2OS/c1-16(2)14(13-10-17-9-8-15-13)11-4-6-12(18-3)7-5-11/h4-7,13-15H,8-10H2,1-3H3. The Morgan fingerprint density at radius 1 is 1.33 bits per heavy atom. The van der Waals surface area contributed by atoms with E-state index in [0.717, 1.165) is 19.8 Å². The van der Waals surface area contributed by atoms with Crippen molar-refractivity contribution in [3.8, 4) is 0 Å². The molecule has 0 radical (unpaired) electrons. The Bertz CT molecular complexity index is 361. The van der Waals surface area contributed by atoms with Crippen molar-refractivity contribution in [1.82, 2.24) is 10.2 Å². The molecular formula is C14H22N2OS. The summed E-state index contributed by atoms with van der Waals surface area (Å²) in [5.74, 6) is 0. The van der Waals surface area contributed by atoms with Crippen molar-refractivity contribution in [3.63, 3.8) is 0 Å². The molecule has 0 bridgehead atoms. The minimum Gasteiger partial charge on any atom is -0.378 e. The van der Waals surface area contributed by atoms with Crippen molar-refractivity contribution < 1.29 is 4.74 Å². The van der Waals surface area contributed by atoms with Crippen LogP contribution in [0.25, 0.3) is 0 Å². The van der Waals surface area contributed by atoms with Gasteiger partial charge in [-0.3, -0.25) is 0 Å². The van der Waals surface area contributed by atoms with E-state index in [1.54, 1.807) is 11.8 Å². The van der Waals surface area contributed by atoms with Crippen molar-refractivity contribution >= 4 is 11.8 Å². The number of morpholine rings is 1. The molecule has 1 saturated heterocycles. The summed E-state index contributed by atoms with van der Waals surface area (Å²) in [5, 5.41) is 3.56. The van der Waals surface area contributed by atoms with Gasteiger partial charge in [-0.15, -0.1) is 11.8 Å². The molecule has 18 heavy (non-hydrogen) atoms. The van der Waals surface area contributed by atoms with Crippen LogP contribution in [0.5, 0.6) is 0 Å². The van der Waals surface area contributed by atoms with Crippen LogP contribution in [0.1, 0.15) is 11.6 Å². The Morgan fingerprint density at radius 2 is 2.06 bits per heavy atom. The zero-order chi connectivity index (χ0) is 13.0. The molecule has 2 unspecified atom stereocenters. The summed E-state index contributed by atoms with van der Waals surface area (Å²) >= 11 is 1.78. The van der Waals surface area contributed by atoms with Crippen LogP contribution in [0.15, 0.2) is 29.2 Å². The third kappa shape index (κ3) is 3.26. The molecule has 1 aliphatic rings. The number of nitrogens with one attached hydrogen (secondary N) is 1. The molecule has 2 rings (SSSR count). The van der Waals surface area contributed by atoms with E-state index in [0.29, 0.717) is 12.1 Å². The van der Waals surface area contributed by atoms with Gasteiger partial charge in [-0.05, 0) is 38.0 Å². The van der Waals surface area contributed by atoms with Gasteiger partial charge in [-0.1, -0.05) is 12.1 Å². The lowest BCUT2D eigenvalue weighted by atomic mass is 9.98. The summed E-state index contributed by atoms with van der Waals surface area (Å²) in [5.41, 5.74) is 1.35. The van der Waals surface area contributed by atoms with Crippen molar-refractivity contribution in [2.75, 3.05) is 40.1 Å². The van der Waals surface area contributed by atoms with E-state index in [2.05, 4.69) is 54.8 Å². The lowest BCUT2D eigenvalue weighted by Gasteiger charge is -2.35. The second kappa shape index (κ2) is 6.57. The molecule has 3 nitrogen and oxygen atoms in total. The minimum absolute atomic E-state index is 0.362. The van der Waals surface area contributed by atoms with Gasteiger partial charge in [0, 0.05) is 11.4 Å². The largest absolute Gasteiger partial charge is 0.378 e. The zero-order valence-electron chi connectivity index (χ0n) is 11.3. The fourth-order valence-corrected chi connectivity index (χ4v) is 2.89. The van der Waals surface area contributed by atoms with Crippen molar-refractivity contribution in [3.05, 3.63) is 29.8 Å². The highest BCUT2D eigenvalue weighted by atomic mass is 32.2. The Kier molecular flexibility index (Phi) is 5.06. The Balaban J connectivity index is 2.17. The van der Waals surface area contributed by atoms with Gasteiger partial charge < -0.3 is 15.0 Å². The van der Waals surface area contributed by atoms with E-state index in [1.165, 1.54) is 10.5 Å². The molecule has 2 atom stereocenters. The molecule has 0 amide bonds. The molecule has 1 fully saturated rings. The average molecular weight is 266 g/mol. The number of thioether (sulfide) groups is 1.